The highest BCUT2D eigenvalue weighted by Crippen LogP contribution is 2.47. The molecule has 3 aliphatic rings. The van der Waals surface area contributed by atoms with Crippen LogP contribution in [0.2, 0.25) is 0 Å². The second kappa shape index (κ2) is 10.1. The summed E-state index contributed by atoms with van der Waals surface area (Å²) >= 11 is 0. The summed E-state index contributed by atoms with van der Waals surface area (Å²) in [5.74, 6) is 0.352. The quantitative estimate of drug-likeness (QED) is 0.434. The molecule has 0 bridgehead atoms. The van der Waals surface area contributed by atoms with E-state index in [9.17, 15) is 14.4 Å². The van der Waals surface area contributed by atoms with Crippen molar-refractivity contribution in [3.63, 3.8) is 0 Å². The van der Waals surface area contributed by atoms with Crippen LogP contribution in [-0.4, -0.2) is 34.8 Å². The fraction of sp³-hybridized carbons (Fsp3) is 0.364. The van der Waals surface area contributed by atoms with Crippen molar-refractivity contribution in [3.05, 3.63) is 94.0 Å². The fourth-order valence-electron chi connectivity index (χ4n) is 6.02. The molecule has 6 rings (SSSR count). The van der Waals surface area contributed by atoms with Gasteiger partial charge < -0.3 is 20.9 Å². The highest BCUT2D eigenvalue weighted by molar-refractivity contribution is 5.99. The number of urea groups is 1. The molecule has 4 amide bonds. The Hall–Kier alpha value is -4.13. The maximum absolute atomic E-state index is 13.1. The van der Waals surface area contributed by atoms with E-state index >= 15 is 0 Å². The molecule has 3 N–H and O–H groups in total. The summed E-state index contributed by atoms with van der Waals surface area (Å²) in [5.41, 5.74) is 8.16. The molecule has 1 unspecified atom stereocenters. The number of nitrogens with zero attached hydrogens (tertiary/aromatic N) is 1. The van der Waals surface area contributed by atoms with Crippen LogP contribution in [0.5, 0.6) is 0 Å². The number of fused-ring (bicyclic) bond motifs is 2. The zero-order valence-electron chi connectivity index (χ0n) is 23.3. The average Bonchev–Trinajstić information content (AvgIpc) is 3.67. The van der Waals surface area contributed by atoms with Crippen molar-refractivity contribution in [1.82, 2.24) is 20.9 Å². The summed E-state index contributed by atoms with van der Waals surface area (Å²) < 4.78 is 0. The first-order chi connectivity index (χ1) is 19.2. The van der Waals surface area contributed by atoms with Gasteiger partial charge in [0.1, 0.15) is 0 Å². The van der Waals surface area contributed by atoms with Crippen LogP contribution in [-0.2, 0) is 30.8 Å². The van der Waals surface area contributed by atoms with Crippen molar-refractivity contribution in [2.45, 2.75) is 64.7 Å². The van der Waals surface area contributed by atoms with Crippen LogP contribution >= 0.6 is 0 Å². The highest BCUT2D eigenvalue weighted by atomic mass is 16.2. The van der Waals surface area contributed by atoms with Gasteiger partial charge in [-0.3, -0.25) is 9.59 Å². The molecule has 1 saturated carbocycles. The third-order valence-corrected chi connectivity index (χ3v) is 8.19. The predicted octanol–water partition coefficient (Wildman–Crippen LogP) is 4.88. The predicted molar refractivity (Wildman–Crippen MR) is 155 cm³/mol. The van der Waals surface area contributed by atoms with Gasteiger partial charge >= 0.3 is 6.03 Å². The van der Waals surface area contributed by atoms with Crippen molar-refractivity contribution in [2.75, 3.05) is 6.54 Å². The normalized spacial score (nSPS) is 19.4. The van der Waals surface area contributed by atoms with Crippen LogP contribution in [0.3, 0.4) is 0 Å². The molecule has 0 aromatic heterocycles. The molecule has 3 aromatic carbocycles. The van der Waals surface area contributed by atoms with E-state index in [0.717, 1.165) is 46.2 Å². The van der Waals surface area contributed by atoms with E-state index in [1.54, 1.807) is 0 Å². The molecule has 40 heavy (non-hydrogen) atoms. The maximum Gasteiger partial charge on any atom is 0.318 e. The minimum Gasteiger partial charge on any atom is -0.352 e. The Labute approximate surface area is 235 Å². The SMILES string of the molecule is CC(C)(C)NC(=O)N1CCc2c(-c3ccc4c(c3)CNC4=O)ccc(CNC(=O)C3C[C@@H]3c3ccccc3)c2C1. The lowest BCUT2D eigenvalue weighted by Gasteiger charge is -2.34. The van der Waals surface area contributed by atoms with Gasteiger partial charge in [-0.25, -0.2) is 4.79 Å². The Morgan fingerprint density at radius 3 is 2.55 bits per heavy atom. The van der Waals surface area contributed by atoms with Crippen LogP contribution in [0.15, 0.2) is 60.7 Å². The Kier molecular flexibility index (Phi) is 6.61. The third kappa shape index (κ3) is 5.20. The van der Waals surface area contributed by atoms with E-state index in [4.69, 9.17) is 0 Å². The number of carbonyl (C=O) groups is 3. The Balaban J connectivity index is 1.26. The van der Waals surface area contributed by atoms with E-state index in [1.807, 2.05) is 56.0 Å². The zero-order valence-corrected chi connectivity index (χ0v) is 23.3. The minimum atomic E-state index is -0.328. The van der Waals surface area contributed by atoms with E-state index < -0.39 is 0 Å². The van der Waals surface area contributed by atoms with Gasteiger partial charge in [-0.15, -0.1) is 0 Å². The van der Waals surface area contributed by atoms with Gasteiger partial charge in [0.05, 0.1) is 0 Å². The molecule has 1 aliphatic carbocycles. The molecule has 3 aromatic rings. The number of benzene rings is 3. The van der Waals surface area contributed by atoms with Gasteiger partial charge in [0.15, 0.2) is 0 Å². The summed E-state index contributed by atoms with van der Waals surface area (Å²) in [6.45, 7) is 8.01. The highest BCUT2D eigenvalue weighted by Gasteiger charge is 2.43. The van der Waals surface area contributed by atoms with E-state index in [2.05, 4.69) is 46.3 Å². The Morgan fingerprint density at radius 2 is 1.77 bits per heavy atom. The van der Waals surface area contributed by atoms with E-state index in [1.165, 1.54) is 11.1 Å². The number of hydrogen-bond acceptors (Lipinski definition) is 3. The molecule has 2 heterocycles. The van der Waals surface area contributed by atoms with E-state index in [-0.39, 0.29) is 35.2 Å². The number of hydrogen-bond donors (Lipinski definition) is 3. The van der Waals surface area contributed by atoms with Crippen molar-refractivity contribution >= 4 is 17.8 Å². The zero-order chi connectivity index (χ0) is 28.0. The van der Waals surface area contributed by atoms with Gasteiger partial charge in [-0.2, -0.15) is 0 Å². The number of nitrogens with one attached hydrogen (secondary N) is 3. The fourth-order valence-corrected chi connectivity index (χ4v) is 6.02. The molecule has 0 saturated heterocycles. The number of rotatable bonds is 5. The summed E-state index contributed by atoms with van der Waals surface area (Å²) in [5, 5.41) is 9.17. The Morgan fingerprint density at radius 1 is 1.00 bits per heavy atom. The topological polar surface area (TPSA) is 90.5 Å². The summed E-state index contributed by atoms with van der Waals surface area (Å²) in [7, 11) is 0. The van der Waals surface area contributed by atoms with Crippen molar-refractivity contribution in [1.29, 1.82) is 0 Å². The van der Waals surface area contributed by atoms with Gasteiger partial charge in [0, 0.05) is 43.2 Å². The maximum atomic E-state index is 13.1. The van der Waals surface area contributed by atoms with Gasteiger partial charge in [-0.1, -0.05) is 48.5 Å². The summed E-state index contributed by atoms with van der Waals surface area (Å²) in [4.78, 5) is 40.1. The largest absolute Gasteiger partial charge is 0.352 e. The smallest absolute Gasteiger partial charge is 0.318 e. The molecule has 7 nitrogen and oxygen atoms in total. The first-order valence-corrected chi connectivity index (χ1v) is 14.1. The lowest BCUT2D eigenvalue weighted by molar-refractivity contribution is -0.122. The first kappa shape index (κ1) is 26.1. The van der Waals surface area contributed by atoms with Crippen LogP contribution in [0, 0.1) is 5.92 Å². The second-order valence-corrected chi connectivity index (χ2v) is 12.2. The molecule has 7 heteroatoms. The molecular weight excluding hydrogens is 500 g/mol. The molecule has 2 aliphatic heterocycles. The summed E-state index contributed by atoms with van der Waals surface area (Å²) in [6, 6.07) is 20.4. The van der Waals surface area contributed by atoms with Gasteiger partial charge in [0.25, 0.3) is 5.91 Å². The van der Waals surface area contributed by atoms with Crippen molar-refractivity contribution < 1.29 is 14.4 Å². The van der Waals surface area contributed by atoms with Gasteiger partial charge in [-0.05, 0) is 90.6 Å². The number of amides is 4. The van der Waals surface area contributed by atoms with Crippen LogP contribution < -0.4 is 16.0 Å². The molecule has 0 spiro atoms. The summed E-state index contributed by atoms with van der Waals surface area (Å²) in [6.07, 6.45) is 1.60. The average molecular weight is 537 g/mol. The molecule has 0 radical (unpaired) electrons. The van der Waals surface area contributed by atoms with Gasteiger partial charge in [0.2, 0.25) is 5.91 Å². The molecule has 206 valence electrons. The standard InChI is InChI=1S/C33H36N4O3/c1-33(2,3)36-32(40)37-14-13-26-24(21-9-12-25-23(15-21)18-35-30(25)38)11-10-22(29(26)19-37)17-34-31(39)28-16-27(28)20-7-5-4-6-8-20/h4-12,15,27-28H,13-14,16-19H2,1-3H3,(H,34,39)(H,35,38)(H,36,40)/t27-,28?/m1/s1. The molecular formula is C33H36N4O3. The van der Waals surface area contributed by atoms with Crippen LogP contribution in [0.4, 0.5) is 4.79 Å². The Bertz CT molecular complexity index is 1490. The van der Waals surface area contributed by atoms with E-state index in [0.29, 0.717) is 26.2 Å². The van der Waals surface area contributed by atoms with Crippen molar-refractivity contribution in [3.8, 4) is 11.1 Å². The molecule has 2 atom stereocenters. The number of carbonyl (C=O) groups excluding carboxylic acids is 3. The second-order valence-electron chi connectivity index (χ2n) is 12.2. The lowest BCUT2D eigenvalue weighted by Crippen LogP contribution is -2.50. The lowest BCUT2D eigenvalue weighted by atomic mass is 9.86. The first-order valence-electron chi connectivity index (χ1n) is 14.1. The van der Waals surface area contributed by atoms with Crippen LogP contribution in [0.1, 0.15) is 71.3 Å². The van der Waals surface area contributed by atoms with Crippen LogP contribution in [0.25, 0.3) is 11.1 Å². The molecule has 1 fully saturated rings. The third-order valence-electron chi connectivity index (χ3n) is 8.19. The van der Waals surface area contributed by atoms with Crippen molar-refractivity contribution in [2.24, 2.45) is 5.92 Å². The minimum absolute atomic E-state index is 0.00861. The monoisotopic (exact) mass is 536 g/mol.